The fourth-order valence-corrected chi connectivity index (χ4v) is 5.79. The topological polar surface area (TPSA) is 95.6 Å². The van der Waals surface area contributed by atoms with Crippen molar-refractivity contribution in [1.29, 1.82) is 0 Å². The number of urea groups is 1. The van der Waals surface area contributed by atoms with Crippen molar-refractivity contribution in [1.82, 2.24) is 20.9 Å². The number of benzene rings is 1. The van der Waals surface area contributed by atoms with E-state index in [1.165, 1.54) is 11.8 Å². The highest BCUT2D eigenvalue weighted by molar-refractivity contribution is 8.01. The molecule has 0 saturated carbocycles. The van der Waals surface area contributed by atoms with Crippen LogP contribution < -0.4 is 25.6 Å². The van der Waals surface area contributed by atoms with E-state index in [0.717, 1.165) is 52.8 Å². The van der Waals surface area contributed by atoms with Crippen molar-refractivity contribution in [2.24, 2.45) is 0 Å². The molecule has 1 aromatic carbocycles. The minimum atomic E-state index is -0.437. The number of amides is 3. The molecule has 0 aliphatic carbocycles. The molecule has 4 heterocycles. The predicted molar refractivity (Wildman–Crippen MR) is 124 cm³/mol. The van der Waals surface area contributed by atoms with Crippen LogP contribution in [-0.2, 0) is 4.79 Å². The zero-order chi connectivity index (χ0) is 22.4. The number of thioether (sulfide) groups is 1. The SMILES string of the molecule is Cc1cc(OC(C)C)ccc1N1C(=O)NC2c3c1ccnc3S[C@H]2C(=O)NC1CCNC1. The van der Waals surface area contributed by atoms with Gasteiger partial charge in [0, 0.05) is 24.3 Å². The summed E-state index contributed by atoms with van der Waals surface area (Å²) in [7, 11) is 0. The van der Waals surface area contributed by atoms with Gasteiger partial charge in [-0.05, 0) is 63.6 Å². The van der Waals surface area contributed by atoms with Crippen LogP contribution in [0.2, 0.25) is 0 Å². The van der Waals surface area contributed by atoms with Crippen LogP contribution >= 0.6 is 11.8 Å². The smallest absolute Gasteiger partial charge is 0.327 e. The van der Waals surface area contributed by atoms with E-state index in [1.54, 1.807) is 11.1 Å². The van der Waals surface area contributed by atoms with Crippen LogP contribution in [0.1, 0.15) is 37.4 Å². The first-order chi connectivity index (χ1) is 15.4. The van der Waals surface area contributed by atoms with E-state index >= 15 is 0 Å². The van der Waals surface area contributed by atoms with E-state index in [0.29, 0.717) is 0 Å². The Morgan fingerprint density at radius 1 is 1.31 bits per heavy atom. The number of rotatable bonds is 5. The first-order valence-corrected chi connectivity index (χ1v) is 11.8. The maximum Gasteiger partial charge on any atom is 0.327 e. The first-order valence-electron chi connectivity index (χ1n) is 11.0. The van der Waals surface area contributed by atoms with Gasteiger partial charge in [0.05, 0.1) is 23.5 Å². The van der Waals surface area contributed by atoms with Crippen LogP contribution in [0.15, 0.2) is 35.5 Å². The Morgan fingerprint density at radius 2 is 2.16 bits per heavy atom. The summed E-state index contributed by atoms with van der Waals surface area (Å²) >= 11 is 1.42. The molecule has 1 aromatic heterocycles. The number of carbonyl (C=O) groups is 2. The number of hydrogen-bond donors (Lipinski definition) is 3. The maximum absolute atomic E-state index is 13.3. The molecular formula is C23H27N5O3S. The third-order valence-electron chi connectivity index (χ3n) is 5.95. The molecule has 0 spiro atoms. The summed E-state index contributed by atoms with van der Waals surface area (Å²) in [6.45, 7) is 7.61. The molecule has 3 amide bonds. The number of ether oxygens (including phenoxy) is 1. The number of aryl methyl sites for hydroxylation is 1. The van der Waals surface area contributed by atoms with Crippen LogP contribution in [0.25, 0.3) is 0 Å². The third-order valence-corrected chi connectivity index (χ3v) is 7.24. The average Bonchev–Trinajstić information content (AvgIpc) is 3.37. The average molecular weight is 454 g/mol. The number of nitrogens with zero attached hydrogens (tertiary/aromatic N) is 2. The van der Waals surface area contributed by atoms with E-state index in [1.807, 2.05) is 45.0 Å². The fourth-order valence-electron chi connectivity index (χ4n) is 4.55. The summed E-state index contributed by atoms with van der Waals surface area (Å²) in [6, 6.07) is 7.05. The standard InChI is InChI=1S/C23H27N5O3S/c1-12(2)31-15-4-5-16(13(3)10-15)28-17-7-9-25-22-18(17)19(27-23(28)30)20(32-22)21(29)26-14-6-8-24-11-14/h4-5,7,9-10,12,14,19-20,24H,6,8,11H2,1-3H3,(H,26,29)(H,27,30)/t14?,19?,20-/m1/s1. The Bertz CT molecular complexity index is 1070. The van der Waals surface area contributed by atoms with Gasteiger partial charge in [-0.3, -0.25) is 9.69 Å². The van der Waals surface area contributed by atoms with Gasteiger partial charge in [-0.15, -0.1) is 0 Å². The van der Waals surface area contributed by atoms with Crippen molar-refractivity contribution in [2.45, 2.75) is 55.7 Å². The lowest BCUT2D eigenvalue weighted by Gasteiger charge is -2.35. The number of nitrogens with one attached hydrogen (secondary N) is 3. The molecule has 5 rings (SSSR count). The number of carbonyl (C=O) groups excluding carboxylic acids is 2. The number of pyridine rings is 1. The summed E-state index contributed by atoms with van der Waals surface area (Å²) in [5, 5.41) is 9.81. The Hall–Kier alpha value is -2.78. The first kappa shape index (κ1) is 21.1. The molecule has 0 bridgehead atoms. The van der Waals surface area contributed by atoms with E-state index in [2.05, 4.69) is 20.9 Å². The van der Waals surface area contributed by atoms with Crippen molar-refractivity contribution >= 4 is 35.1 Å². The van der Waals surface area contributed by atoms with Crippen LogP contribution in [0.4, 0.5) is 16.2 Å². The number of hydrogen-bond acceptors (Lipinski definition) is 6. The molecular weight excluding hydrogens is 426 g/mol. The largest absolute Gasteiger partial charge is 0.491 e. The molecule has 2 aromatic rings. The molecule has 1 saturated heterocycles. The number of aromatic nitrogens is 1. The summed E-state index contributed by atoms with van der Waals surface area (Å²) < 4.78 is 5.79. The monoisotopic (exact) mass is 453 g/mol. The van der Waals surface area contributed by atoms with Gasteiger partial charge in [0.2, 0.25) is 5.91 Å². The maximum atomic E-state index is 13.3. The Morgan fingerprint density at radius 3 is 2.88 bits per heavy atom. The molecule has 2 unspecified atom stereocenters. The highest BCUT2D eigenvalue weighted by atomic mass is 32.2. The van der Waals surface area contributed by atoms with Crippen LogP contribution in [0.3, 0.4) is 0 Å². The summed E-state index contributed by atoms with van der Waals surface area (Å²) in [5.41, 5.74) is 3.38. The molecule has 32 heavy (non-hydrogen) atoms. The zero-order valence-electron chi connectivity index (χ0n) is 18.3. The molecule has 168 valence electrons. The molecule has 8 nitrogen and oxygen atoms in total. The fraction of sp³-hybridized carbons (Fsp3) is 0.435. The Labute approximate surface area is 191 Å². The van der Waals surface area contributed by atoms with Crippen LogP contribution in [0.5, 0.6) is 5.75 Å². The molecule has 1 fully saturated rings. The molecule has 3 N–H and O–H groups in total. The summed E-state index contributed by atoms with van der Waals surface area (Å²) in [4.78, 5) is 32.5. The van der Waals surface area contributed by atoms with E-state index in [-0.39, 0.29) is 24.1 Å². The minimum Gasteiger partial charge on any atom is -0.491 e. The van der Waals surface area contributed by atoms with E-state index in [9.17, 15) is 9.59 Å². The van der Waals surface area contributed by atoms with Crippen molar-refractivity contribution < 1.29 is 14.3 Å². The second-order valence-corrected chi connectivity index (χ2v) is 9.79. The quantitative estimate of drug-likeness (QED) is 0.644. The second-order valence-electron chi connectivity index (χ2n) is 8.66. The van der Waals surface area contributed by atoms with Gasteiger partial charge in [0.1, 0.15) is 16.0 Å². The van der Waals surface area contributed by atoms with Gasteiger partial charge in [-0.2, -0.15) is 0 Å². The minimum absolute atomic E-state index is 0.0576. The summed E-state index contributed by atoms with van der Waals surface area (Å²) in [6.07, 6.45) is 2.69. The lowest BCUT2D eigenvalue weighted by Crippen LogP contribution is -2.50. The van der Waals surface area contributed by atoms with Gasteiger partial charge < -0.3 is 20.7 Å². The number of anilines is 2. The van der Waals surface area contributed by atoms with Gasteiger partial charge in [0.25, 0.3) is 0 Å². The molecule has 0 radical (unpaired) electrons. The van der Waals surface area contributed by atoms with Crippen molar-refractivity contribution in [3.8, 4) is 5.75 Å². The highest BCUT2D eigenvalue weighted by Gasteiger charge is 2.47. The van der Waals surface area contributed by atoms with Gasteiger partial charge in [-0.1, -0.05) is 11.8 Å². The van der Waals surface area contributed by atoms with Gasteiger partial charge >= 0.3 is 6.03 Å². The van der Waals surface area contributed by atoms with Crippen LogP contribution in [0, 0.1) is 6.92 Å². The Balaban J connectivity index is 1.46. The van der Waals surface area contributed by atoms with Gasteiger partial charge in [0.15, 0.2) is 0 Å². The van der Waals surface area contributed by atoms with Crippen molar-refractivity contribution in [2.75, 3.05) is 18.0 Å². The zero-order valence-corrected chi connectivity index (χ0v) is 19.2. The lowest BCUT2D eigenvalue weighted by atomic mass is 9.99. The van der Waals surface area contributed by atoms with Crippen molar-refractivity contribution in [3.05, 3.63) is 41.6 Å². The third kappa shape index (κ3) is 3.69. The second kappa shape index (κ2) is 8.29. The molecule has 3 atom stereocenters. The predicted octanol–water partition coefficient (Wildman–Crippen LogP) is 3.03. The molecule has 3 aliphatic rings. The highest BCUT2D eigenvalue weighted by Crippen LogP contribution is 2.51. The summed E-state index contributed by atoms with van der Waals surface area (Å²) in [5.74, 6) is 0.711. The van der Waals surface area contributed by atoms with Crippen molar-refractivity contribution in [3.63, 3.8) is 0 Å². The van der Waals surface area contributed by atoms with Crippen LogP contribution in [-0.4, -0.2) is 47.4 Å². The van der Waals surface area contributed by atoms with E-state index in [4.69, 9.17) is 4.74 Å². The molecule has 9 heteroatoms. The molecule has 3 aliphatic heterocycles. The Kier molecular flexibility index (Phi) is 5.46. The van der Waals surface area contributed by atoms with Gasteiger partial charge in [-0.25, -0.2) is 9.78 Å². The van der Waals surface area contributed by atoms with E-state index < -0.39 is 11.3 Å². The lowest BCUT2D eigenvalue weighted by molar-refractivity contribution is -0.121. The normalized spacial score (nSPS) is 23.8.